The molecule has 1 heterocycles. The van der Waals surface area contributed by atoms with Gasteiger partial charge in [-0.25, -0.2) is 16.8 Å². The molecule has 220 valence electrons. The minimum atomic E-state index is -4.19. The summed E-state index contributed by atoms with van der Waals surface area (Å²) in [7, 11) is -6.69. The minimum Gasteiger partial charge on any atom is -0.495 e. The highest BCUT2D eigenvalue weighted by atomic mass is 35.5. The quantitative estimate of drug-likeness (QED) is 0.328. The highest BCUT2D eigenvalue weighted by Crippen LogP contribution is 2.32. The van der Waals surface area contributed by atoms with Crippen LogP contribution in [-0.4, -0.2) is 60.4 Å². The van der Waals surface area contributed by atoms with Crippen molar-refractivity contribution in [2.45, 2.75) is 36.0 Å². The minimum absolute atomic E-state index is 0.0528. The molecule has 0 aliphatic carbocycles. The van der Waals surface area contributed by atoms with Crippen LogP contribution in [0.5, 0.6) is 11.5 Å². The van der Waals surface area contributed by atoms with Gasteiger partial charge in [0.25, 0.3) is 10.0 Å². The van der Waals surface area contributed by atoms with E-state index < -0.39 is 32.5 Å². The second-order valence-electron chi connectivity index (χ2n) is 9.27. The Morgan fingerprint density at radius 1 is 0.951 bits per heavy atom. The number of anilines is 2. The molecule has 0 radical (unpaired) electrons. The van der Waals surface area contributed by atoms with Crippen molar-refractivity contribution in [2.75, 3.05) is 43.0 Å². The topological polar surface area (TPSA) is 122 Å². The third-order valence-corrected chi connectivity index (χ3v) is 10.5. The van der Waals surface area contributed by atoms with Crippen LogP contribution in [0.1, 0.15) is 26.2 Å². The number of benzene rings is 3. The molecule has 1 aliphatic rings. The molecule has 1 aliphatic heterocycles. The molecular formula is C28H32ClN3O7S2. The predicted molar refractivity (Wildman–Crippen MR) is 158 cm³/mol. The zero-order chi connectivity index (χ0) is 29.6. The van der Waals surface area contributed by atoms with Crippen molar-refractivity contribution >= 4 is 48.9 Å². The van der Waals surface area contributed by atoms with Crippen LogP contribution in [0.2, 0.25) is 5.02 Å². The number of nitrogens with zero attached hydrogens (tertiary/aromatic N) is 2. The summed E-state index contributed by atoms with van der Waals surface area (Å²) in [5, 5.41) is 3.01. The number of sulfonamides is 2. The Morgan fingerprint density at radius 3 is 2.22 bits per heavy atom. The van der Waals surface area contributed by atoms with Crippen LogP contribution >= 0.6 is 11.6 Å². The lowest BCUT2D eigenvalue weighted by atomic mass is 10.2. The summed E-state index contributed by atoms with van der Waals surface area (Å²) in [4.78, 5) is 13.1. The summed E-state index contributed by atoms with van der Waals surface area (Å²) in [6, 6.07) is 16.2. The van der Waals surface area contributed by atoms with E-state index in [4.69, 9.17) is 21.1 Å². The summed E-state index contributed by atoms with van der Waals surface area (Å²) in [6.45, 7) is 2.49. The summed E-state index contributed by atoms with van der Waals surface area (Å²) in [5.74, 6) is 0.0167. The van der Waals surface area contributed by atoms with Gasteiger partial charge in [-0.05, 0) is 86.5 Å². The van der Waals surface area contributed by atoms with E-state index in [0.717, 1.165) is 23.6 Å². The molecule has 4 rings (SSSR count). The zero-order valence-electron chi connectivity index (χ0n) is 22.7. The molecule has 1 amide bonds. The average molecular weight is 622 g/mol. The van der Waals surface area contributed by atoms with Crippen molar-refractivity contribution in [3.63, 3.8) is 0 Å². The molecule has 1 saturated heterocycles. The molecule has 0 bridgehead atoms. The van der Waals surface area contributed by atoms with Gasteiger partial charge in [-0.2, -0.15) is 4.31 Å². The van der Waals surface area contributed by atoms with Crippen LogP contribution in [0, 0.1) is 0 Å². The van der Waals surface area contributed by atoms with Crippen LogP contribution < -0.4 is 19.1 Å². The first-order chi connectivity index (χ1) is 19.6. The average Bonchev–Trinajstić information content (AvgIpc) is 2.97. The SMILES string of the molecule is CCOc1ccc(N(CC(=O)Nc2ccc(OC)c(S(=O)(=O)N3CCCCC3)c2)S(=O)(=O)c2ccc(Cl)cc2)cc1. The number of hydrogen-bond donors (Lipinski definition) is 1. The number of rotatable bonds is 11. The number of hydrogen-bond acceptors (Lipinski definition) is 7. The van der Waals surface area contributed by atoms with E-state index in [-0.39, 0.29) is 26.9 Å². The van der Waals surface area contributed by atoms with Crippen LogP contribution in [-0.2, 0) is 24.8 Å². The first-order valence-electron chi connectivity index (χ1n) is 13.1. The lowest BCUT2D eigenvalue weighted by Crippen LogP contribution is -2.38. The van der Waals surface area contributed by atoms with Gasteiger partial charge in [0, 0.05) is 23.8 Å². The molecule has 0 aromatic heterocycles. The van der Waals surface area contributed by atoms with Crippen LogP contribution in [0.4, 0.5) is 11.4 Å². The summed E-state index contributed by atoms with van der Waals surface area (Å²) >= 11 is 5.95. The lowest BCUT2D eigenvalue weighted by Gasteiger charge is -2.27. The van der Waals surface area contributed by atoms with Crippen molar-refractivity contribution in [2.24, 2.45) is 0 Å². The summed E-state index contributed by atoms with van der Waals surface area (Å²) < 4.78 is 67.2. The Balaban J connectivity index is 1.63. The van der Waals surface area contributed by atoms with Crippen molar-refractivity contribution in [1.82, 2.24) is 4.31 Å². The third kappa shape index (κ3) is 7.13. The Kier molecular flexibility index (Phi) is 9.80. The van der Waals surface area contributed by atoms with E-state index in [2.05, 4.69) is 5.32 Å². The van der Waals surface area contributed by atoms with Gasteiger partial charge in [0.15, 0.2) is 0 Å². The van der Waals surface area contributed by atoms with Gasteiger partial charge in [-0.1, -0.05) is 18.0 Å². The van der Waals surface area contributed by atoms with Gasteiger partial charge >= 0.3 is 0 Å². The number of piperidine rings is 1. The molecule has 0 unspecified atom stereocenters. The van der Waals surface area contributed by atoms with Gasteiger partial charge < -0.3 is 14.8 Å². The van der Waals surface area contributed by atoms with Gasteiger partial charge in [0.2, 0.25) is 15.9 Å². The maximum absolute atomic E-state index is 13.7. The third-order valence-electron chi connectivity index (χ3n) is 6.50. The molecule has 10 nitrogen and oxygen atoms in total. The summed E-state index contributed by atoms with van der Waals surface area (Å²) in [5.41, 5.74) is 0.420. The van der Waals surface area contributed by atoms with E-state index >= 15 is 0 Å². The molecular weight excluding hydrogens is 590 g/mol. The Hall–Kier alpha value is -3.32. The number of amides is 1. The molecule has 3 aromatic carbocycles. The number of carbonyl (C=O) groups excluding carboxylic acids is 1. The van der Waals surface area contributed by atoms with Gasteiger partial charge in [0.1, 0.15) is 22.9 Å². The molecule has 0 saturated carbocycles. The molecule has 1 N–H and O–H groups in total. The fourth-order valence-electron chi connectivity index (χ4n) is 4.46. The number of ether oxygens (including phenoxy) is 2. The Labute approximate surface area is 245 Å². The highest BCUT2D eigenvalue weighted by molar-refractivity contribution is 7.92. The maximum Gasteiger partial charge on any atom is 0.264 e. The first kappa shape index (κ1) is 30.6. The van der Waals surface area contributed by atoms with E-state index in [1.165, 1.54) is 53.9 Å². The largest absolute Gasteiger partial charge is 0.495 e. The van der Waals surface area contributed by atoms with Gasteiger partial charge in [-0.15, -0.1) is 0 Å². The van der Waals surface area contributed by atoms with E-state index in [1.807, 2.05) is 6.92 Å². The number of methoxy groups -OCH3 is 1. The second kappa shape index (κ2) is 13.1. The van der Waals surface area contributed by atoms with Crippen molar-refractivity contribution in [3.8, 4) is 11.5 Å². The normalized spacial score (nSPS) is 14.3. The molecule has 13 heteroatoms. The van der Waals surface area contributed by atoms with E-state index in [9.17, 15) is 21.6 Å². The number of halogens is 1. The fourth-order valence-corrected chi connectivity index (χ4v) is 7.70. The fraction of sp³-hybridized carbons (Fsp3) is 0.321. The van der Waals surface area contributed by atoms with Gasteiger partial charge in [-0.3, -0.25) is 9.10 Å². The Bertz CT molecular complexity index is 1570. The molecule has 3 aromatic rings. The maximum atomic E-state index is 13.7. The van der Waals surface area contributed by atoms with Crippen molar-refractivity contribution in [1.29, 1.82) is 0 Å². The zero-order valence-corrected chi connectivity index (χ0v) is 25.1. The van der Waals surface area contributed by atoms with Crippen LogP contribution in [0.25, 0.3) is 0 Å². The molecule has 41 heavy (non-hydrogen) atoms. The second-order valence-corrected chi connectivity index (χ2v) is 13.5. The smallest absolute Gasteiger partial charge is 0.264 e. The number of nitrogens with one attached hydrogen (secondary N) is 1. The van der Waals surface area contributed by atoms with Crippen LogP contribution in [0.15, 0.2) is 76.5 Å². The predicted octanol–water partition coefficient (Wildman–Crippen LogP) is 4.76. The molecule has 1 fully saturated rings. The van der Waals surface area contributed by atoms with Crippen LogP contribution in [0.3, 0.4) is 0 Å². The standard InChI is InChI=1S/C28H32ClN3O7S2/c1-3-39-24-12-10-23(11-13-24)32(40(34,35)25-14-7-21(29)8-15-25)20-28(33)30-22-9-16-26(38-2)27(19-22)41(36,37)31-17-5-4-6-18-31/h7-16,19H,3-6,17-18,20H2,1-2H3,(H,30,33). The van der Waals surface area contributed by atoms with E-state index in [1.54, 1.807) is 24.3 Å². The molecule has 0 spiro atoms. The Morgan fingerprint density at radius 2 is 1.61 bits per heavy atom. The number of carbonyl (C=O) groups is 1. The summed E-state index contributed by atoms with van der Waals surface area (Å²) in [6.07, 6.45) is 2.49. The van der Waals surface area contributed by atoms with Crippen molar-refractivity contribution < 1.29 is 31.1 Å². The first-order valence-corrected chi connectivity index (χ1v) is 16.3. The lowest BCUT2D eigenvalue weighted by molar-refractivity contribution is -0.114. The highest BCUT2D eigenvalue weighted by Gasteiger charge is 2.30. The molecule has 0 atom stereocenters. The van der Waals surface area contributed by atoms with E-state index in [0.29, 0.717) is 30.5 Å². The monoisotopic (exact) mass is 621 g/mol. The van der Waals surface area contributed by atoms with Gasteiger partial charge in [0.05, 0.1) is 24.3 Å². The van der Waals surface area contributed by atoms with Crippen molar-refractivity contribution in [3.05, 3.63) is 71.8 Å².